The Morgan fingerprint density at radius 3 is 2.75 bits per heavy atom. The van der Waals surface area contributed by atoms with Gasteiger partial charge in [-0.2, -0.15) is 0 Å². The number of benzene rings is 1. The zero-order chi connectivity index (χ0) is 14.5. The molecule has 1 fully saturated rings. The summed E-state index contributed by atoms with van der Waals surface area (Å²) in [4.78, 5) is 0. The van der Waals surface area contributed by atoms with Gasteiger partial charge < -0.3 is 5.32 Å². The van der Waals surface area contributed by atoms with Crippen LogP contribution in [0.3, 0.4) is 0 Å². The summed E-state index contributed by atoms with van der Waals surface area (Å²) in [7, 11) is 0. The lowest BCUT2D eigenvalue weighted by Crippen LogP contribution is -2.41. The lowest BCUT2D eigenvalue weighted by atomic mass is 9.74. The van der Waals surface area contributed by atoms with E-state index in [9.17, 15) is 4.39 Å². The van der Waals surface area contributed by atoms with Crippen molar-refractivity contribution in [3.05, 3.63) is 34.1 Å². The molecule has 20 heavy (non-hydrogen) atoms. The van der Waals surface area contributed by atoms with Crippen LogP contribution < -0.4 is 5.32 Å². The van der Waals surface area contributed by atoms with Crippen molar-refractivity contribution in [2.24, 2.45) is 11.8 Å². The van der Waals surface area contributed by atoms with Gasteiger partial charge in [0.15, 0.2) is 0 Å². The lowest BCUT2D eigenvalue weighted by molar-refractivity contribution is 0.200. The van der Waals surface area contributed by atoms with E-state index in [1.807, 2.05) is 12.1 Å². The molecule has 0 aliphatic heterocycles. The second-order valence-corrected chi connectivity index (χ2v) is 6.82. The highest BCUT2D eigenvalue weighted by Gasteiger charge is 2.29. The molecular formula is C17H25BrFN. The second-order valence-electron chi connectivity index (χ2n) is 5.96. The predicted molar refractivity (Wildman–Crippen MR) is 86.4 cm³/mol. The molecule has 1 saturated carbocycles. The van der Waals surface area contributed by atoms with Crippen molar-refractivity contribution in [3.8, 4) is 0 Å². The normalized spacial score (nSPS) is 26.7. The van der Waals surface area contributed by atoms with E-state index in [-0.39, 0.29) is 5.82 Å². The van der Waals surface area contributed by atoms with Crippen LogP contribution in [-0.2, 0) is 6.42 Å². The molecule has 112 valence electrons. The SMILES string of the molecule is CCNC1CCC(CC)CC1Cc1ccc(F)c(Br)c1. The molecule has 3 unspecified atom stereocenters. The Labute approximate surface area is 130 Å². The first-order valence-corrected chi connectivity index (χ1v) is 8.60. The van der Waals surface area contributed by atoms with Crippen LogP contribution in [0.1, 0.15) is 45.1 Å². The first-order chi connectivity index (χ1) is 9.63. The number of hydrogen-bond donors (Lipinski definition) is 1. The standard InChI is InChI=1S/C17H25BrFN/c1-3-12-6-8-17(20-4-2)14(9-12)10-13-5-7-16(19)15(18)11-13/h5,7,11-12,14,17,20H,3-4,6,8-10H2,1-2H3. The summed E-state index contributed by atoms with van der Waals surface area (Å²) < 4.78 is 13.9. The summed E-state index contributed by atoms with van der Waals surface area (Å²) >= 11 is 3.29. The Bertz CT molecular complexity index is 435. The van der Waals surface area contributed by atoms with E-state index in [4.69, 9.17) is 0 Å². The van der Waals surface area contributed by atoms with Crippen molar-refractivity contribution in [1.82, 2.24) is 5.32 Å². The molecule has 1 aliphatic rings. The molecular weight excluding hydrogens is 317 g/mol. The molecule has 1 aromatic rings. The molecule has 0 radical (unpaired) electrons. The van der Waals surface area contributed by atoms with Gasteiger partial charge in [0.1, 0.15) is 5.82 Å². The van der Waals surface area contributed by atoms with E-state index in [1.165, 1.54) is 31.2 Å². The molecule has 3 heteroatoms. The molecule has 1 nitrogen and oxygen atoms in total. The smallest absolute Gasteiger partial charge is 0.137 e. The maximum absolute atomic E-state index is 13.3. The van der Waals surface area contributed by atoms with Crippen molar-refractivity contribution in [2.75, 3.05) is 6.54 Å². The maximum Gasteiger partial charge on any atom is 0.137 e. The van der Waals surface area contributed by atoms with Gasteiger partial charge >= 0.3 is 0 Å². The van der Waals surface area contributed by atoms with Gasteiger partial charge in [-0.25, -0.2) is 4.39 Å². The van der Waals surface area contributed by atoms with E-state index in [0.29, 0.717) is 16.4 Å². The third-order valence-electron chi connectivity index (χ3n) is 4.62. The van der Waals surface area contributed by atoms with Crippen LogP contribution in [0.25, 0.3) is 0 Å². The first-order valence-electron chi connectivity index (χ1n) is 7.81. The summed E-state index contributed by atoms with van der Waals surface area (Å²) in [6.45, 7) is 5.51. The number of rotatable bonds is 5. The van der Waals surface area contributed by atoms with Crippen LogP contribution in [0.4, 0.5) is 4.39 Å². The van der Waals surface area contributed by atoms with Gasteiger partial charge in [0.05, 0.1) is 4.47 Å². The van der Waals surface area contributed by atoms with E-state index in [1.54, 1.807) is 6.07 Å². The summed E-state index contributed by atoms with van der Waals surface area (Å²) in [5, 5.41) is 3.64. The fourth-order valence-corrected chi connectivity index (χ4v) is 3.88. The monoisotopic (exact) mass is 341 g/mol. The fraction of sp³-hybridized carbons (Fsp3) is 0.647. The van der Waals surface area contributed by atoms with E-state index < -0.39 is 0 Å². The minimum absolute atomic E-state index is 0.174. The first kappa shape index (κ1) is 16.0. The Hall–Kier alpha value is -0.410. The molecule has 0 aromatic heterocycles. The summed E-state index contributed by atoms with van der Waals surface area (Å²) in [5.41, 5.74) is 1.24. The molecule has 0 bridgehead atoms. The number of halogens is 2. The second kappa shape index (κ2) is 7.56. The van der Waals surface area contributed by atoms with Gasteiger partial charge in [0, 0.05) is 6.04 Å². The van der Waals surface area contributed by atoms with Crippen LogP contribution in [-0.4, -0.2) is 12.6 Å². The van der Waals surface area contributed by atoms with Gasteiger partial charge in [-0.15, -0.1) is 0 Å². The van der Waals surface area contributed by atoms with Crippen LogP contribution in [0.2, 0.25) is 0 Å². The van der Waals surface area contributed by atoms with Gasteiger partial charge in [0.2, 0.25) is 0 Å². The van der Waals surface area contributed by atoms with Gasteiger partial charge in [-0.1, -0.05) is 26.3 Å². The van der Waals surface area contributed by atoms with Crippen molar-refractivity contribution >= 4 is 15.9 Å². The molecule has 3 atom stereocenters. The molecule has 1 aromatic carbocycles. The molecule has 0 amide bonds. The van der Waals surface area contributed by atoms with E-state index >= 15 is 0 Å². The van der Waals surface area contributed by atoms with Crippen molar-refractivity contribution in [2.45, 2.75) is 52.0 Å². The van der Waals surface area contributed by atoms with Gasteiger partial charge in [0.25, 0.3) is 0 Å². The minimum atomic E-state index is -0.174. The average molecular weight is 342 g/mol. The highest BCUT2D eigenvalue weighted by atomic mass is 79.9. The third kappa shape index (κ3) is 4.05. The van der Waals surface area contributed by atoms with Crippen molar-refractivity contribution < 1.29 is 4.39 Å². The zero-order valence-electron chi connectivity index (χ0n) is 12.5. The molecule has 0 spiro atoms. The lowest BCUT2D eigenvalue weighted by Gasteiger charge is -2.36. The van der Waals surface area contributed by atoms with Crippen LogP contribution >= 0.6 is 15.9 Å². The van der Waals surface area contributed by atoms with E-state index in [2.05, 4.69) is 35.1 Å². The van der Waals surface area contributed by atoms with Gasteiger partial charge in [-0.05, 0) is 77.7 Å². The van der Waals surface area contributed by atoms with Crippen LogP contribution in [0, 0.1) is 17.7 Å². The fourth-order valence-electron chi connectivity index (χ4n) is 3.46. The van der Waals surface area contributed by atoms with Crippen LogP contribution in [0.5, 0.6) is 0 Å². The Morgan fingerprint density at radius 1 is 1.30 bits per heavy atom. The molecule has 1 N–H and O–H groups in total. The molecule has 2 rings (SSSR count). The molecule has 1 aliphatic carbocycles. The Balaban J connectivity index is 2.07. The highest BCUT2D eigenvalue weighted by molar-refractivity contribution is 9.10. The summed E-state index contributed by atoms with van der Waals surface area (Å²) in [6, 6.07) is 6.06. The Morgan fingerprint density at radius 2 is 2.10 bits per heavy atom. The Kier molecular flexibility index (Phi) is 6.03. The van der Waals surface area contributed by atoms with E-state index in [0.717, 1.165) is 18.9 Å². The topological polar surface area (TPSA) is 12.0 Å². The average Bonchev–Trinajstić information content (AvgIpc) is 2.45. The number of nitrogens with one attached hydrogen (secondary N) is 1. The number of hydrogen-bond acceptors (Lipinski definition) is 1. The van der Waals surface area contributed by atoms with Crippen molar-refractivity contribution in [3.63, 3.8) is 0 Å². The zero-order valence-corrected chi connectivity index (χ0v) is 14.0. The van der Waals surface area contributed by atoms with Crippen LogP contribution in [0.15, 0.2) is 22.7 Å². The third-order valence-corrected chi connectivity index (χ3v) is 5.22. The summed E-state index contributed by atoms with van der Waals surface area (Å²) in [6.07, 6.45) is 6.25. The molecule has 0 saturated heterocycles. The maximum atomic E-state index is 13.3. The highest BCUT2D eigenvalue weighted by Crippen LogP contribution is 2.34. The largest absolute Gasteiger partial charge is 0.314 e. The minimum Gasteiger partial charge on any atom is -0.314 e. The predicted octanol–water partition coefficient (Wildman–Crippen LogP) is 4.94. The summed E-state index contributed by atoms with van der Waals surface area (Å²) in [5.74, 6) is 1.36. The van der Waals surface area contributed by atoms with Crippen molar-refractivity contribution in [1.29, 1.82) is 0 Å². The quantitative estimate of drug-likeness (QED) is 0.800. The van der Waals surface area contributed by atoms with Gasteiger partial charge in [-0.3, -0.25) is 0 Å². The molecule has 0 heterocycles.